The number of hydrogen-bond acceptors (Lipinski definition) is 3. The van der Waals surface area contributed by atoms with Crippen LogP contribution in [0, 0.1) is 0 Å². The van der Waals surface area contributed by atoms with E-state index in [1.807, 2.05) is 4.90 Å². The maximum absolute atomic E-state index is 12.2. The number of carbonyl (C=O) groups excluding carboxylic acids is 1. The highest BCUT2D eigenvalue weighted by Crippen LogP contribution is 2.20. The topological polar surface area (TPSA) is 82.5 Å². The SMILES string of the molecule is CCC1CCCCN1C(=O)Nc1ccc(C(=O)O)nc1. The molecule has 1 aliphatic heterocycles. The van der Waals surface area contributed by atoms with Crippen LogP contribution in [0.3, 0.4) is 0 Å². The van der Waals surface area contributed by atoms with Gasteiger partial charge in [0.25, 0.3) is 0 Å². The van der Waals surface area contributed by atoms with Crippen molar-refractivity contribution < 1.29 is 14.7 Å². The van der Waals surface area contributed by atoms with Crippen LogP contribution in [0.4, 0.5) is 10.5 Å². The number of hydrogen-bond donors (Lipinski definition) is 2. The van der Waals surface area contributed by atoms with Gasteiger partial charge in [-0.05, 0) is 37.8 Å². The quantitative estimate of drug-likeness (QED) is 0.889. The van der Waals surface area contributed by atoms with Crippen molar-refractivity contribution in [2.45, 2.75) is 38.6 Å². The minimum Gasteiger partial charge on any atom is -0.477 e. The standard InChI is InChI=1S/C14H19N3O3/c1-2-11-5-3-4-8-17(11)14(20)16-10-6-7-12(13(18)19)15-9-10/h6-7,9,11H,2-5,8H2,1H3,(H,16,20)(H,18,19). The molecule has 1 aromatic rings. The fraction of sp³-hybridized carbons (Fsp3) is 0.500. The Bertz CT molecular complexity index is 487. The maximum atomic E-state index is 12.2. The summed E-state index contributed by atoms with van der Waals surface area (Å²) in [4.78, 5) is 28.6. The molecule has 2 N–H and O–H groups in total. The van der Waals surface area contributed by atoms with Crippen molar-refractivity contribution >= 4 is 17.7 Å². The number of carboxylic acid groups (broad SMARTS) is 1. The molecule has 6 heteroatoms. The van der Waals surface area contributed by atoms with Gasteiger partial charge in [-0.15, -0.1) is 0 Å². The minimum atomic E-state index is -1.08. The summed E-state index contributed by atoms with van der Waals surface area (Å²) in [5.41, 5.74) is 0.479. The van der Waals surface area contributed by atoms with Gasteiger partial charge >= 0.3 is 12.0 Å². The van der Waals surface area contributed by atoms with E-state index in [2.05, 4.69) is 17.2 Å². The molecule has 6 nitrogen and oxygen atoms in total. The Morgan fingerprint density at radius 2 is 2.25 bits per heavy atom. The molecule has 1 fully saturated rings. The number of aromatic nitrogens is 1. The molecule has 2 heterocycles. The summed E-state index contributed by atoms with van der Waals surface area (Å²) >= 11 is 0. The summed E-state index contributed by atoms with van der Waals surface area (Å²) in [6, 6.07) is 3.08. The molecule has 108 valence electrons. The van der Waals surface area contributed by atoms with Crippen molar-refractivity contribution in [3.63, 3.8) is 0 Å². The van der Waals surface area contributed by atoms with Crippen LogP contribution >= 0.6 is 0 Å². The molecule has 2 amide bonds. The number of carbonyl (C=O) groups is 2. The summed E-state index contributed by atoms with van der Waals surface area (Å²) in [6.07, 6.45) is 5.55. The number of rotatable bonds is 3. The summed E-state index contributed by atoms with van der Waals surface area (Å²) in [5, 5.41) is 11.5. The molecule has 1 aromatic heterocycles. The van der Waals surface area contributed by atoms with Gasteiger partial charge < -0.3 is 15.3 Å². The zero-order valence-corrected chi connectivity index (χ0v) is 11.5. The Kier molecular flexibility index (Phi) is 4.55. The van der Waals surface area contributed by atoms with Crippen molar-refractivity contribution in [3.05, 3.63) is 24.0 Å². The van der Waals surface area contributed by atoms with E-state index < -0.39 is 5.97 Å². The molecular formula is C14H19N3O3. The Morgan fingerprint density at radius 3 is 2.85 bits per heavy atom. The number of nitrogens with zero attached hydrogens (tertiary/aromatic N) is 2. The van der Waals surface area contributed by atoms with Crippen molar-refractivity contribution in [1.82, 2.24) is 9.88 Å². The molecule has 1 unspecified atom stereocenters. The average molecular weight is 277 g/mol. The van der Waals surface area contributed by atoms with Crippen molar-refractivity contribution in [2.75, 3.05) is 11.9 Å². The van der Waals surface area contributed by atoms with Gasteiger partial charge in [-0.2, -0.15) is 0 Å². The fourth-order valence-corrected chi connectivity index (χ4v) is 2.48. The predicted molar refractivity (Wildman–Crippen MR) is 74.9 cm³/mol. The first-order chi connectivity index (χ1) is 9.61. The molecule has 0 aliphatic carbocycles. The van der Waals surface area contributed by atoms with Gasteiger partial charge in [-0.25, -0.2) is 14.6 Å². The number of anilines is 1. The third-order valence-corrected chi connectivity index (χ3v) is 3.59. The van der Waals surface area contributed by atoms with Gasteiger partial charge in [-0.3, -0.25) is 0 Å². The molecule has 1 atom stereocenters. The number of nitrogens with one attached hydrogen (secondary N) is 1. The number of amides is 2. The molecule has 0 radical (unpaired) electrons. The van der Waals surface area contributed by atoms with Gasteiger partial charge in [0.05, 0.1) is 11.9 Å². The van der Waals surface area contributed by atoms with Crippen LogP contribution < -0.4 is 5.32 Å². The molecule has 0 spiro atoms. The second-order valence-corrected chi connectivity index (χ2v) is 4.92. The summed E-state index contributed by atoms with van der Waals surface area (Å²) in [7, 11) is 0. The molecule has 0 bridgehead atoms. The van der Waals surface area contributed by atoms with Gasteiger partial charge in [0.2, 0.25) is 0 Å². The second-order valence-electron chi connectivity index (χ2n) is 4.92. The van der Waals surface area contributed by atoms with Crippen LogP contribution in [0.2, 0.25) is 0 Å². The lowest BCUT2D eigenvalue weighted by atomic mass is 10.0. The Labute approximate surface area is 117 Å². The third-order valence-electron chi connectivity index (χ3n) is 3.59. The van der Waals surface area contributed by atoms with E-state index >= 15 is 0 Å². The molecule has 1 aliphatic rings. The first-order valence-electron chi connectivity index (χ1n) is 6.88. The largest absolute Gasteiger partial charge is 0.477 e. The monoisotopic (exact) mass is 277 g/mol. The molecule has 0 aromatic carbocycles. The number of pyridine rings is 1. The lowest BCUT2D eigenvalue weighted by molar-refractivity contribution is 0.0690. The molecule has 20 heavy (non-hydrogen) atoms. The van der Waals surface area contributed by atoms with Crippen LogP contribution in [0.1, 0.15) is 43.1 Å². The van der Waals surface area contributed by atoms with Gasteiger partial charge in [0.1, 0.15) is 5.69 Å². The fourth-order valence-electron chi connectivity index (χ4n) is 2.48. The van der Waals surface area contributed by atoms with Crippen LogP contribution in [0.15, 0.2) is 18.3 Å². The molecule has 1 saturated heterocycles. The van der Waals surface area contributed by atoms with Crippen molar-refractivity contribution in [1.29, 1.82) is 0 Å². The molecular weight excluding hydrogens is 258 g/mol. The summed E-state index contributed by atoms with van der Waals surface area (Å²) in [5.74, 6) is -1.08. The number of carboxylic acids is 1. The maximum Gasteiger partial charge on any atom is 0.354 e. The van der Waals surface area contributed by atoms with Crippen LogP contribution in [0.5, 0.6) is 0 Å². The normalized spacial score (nSPS) is 18.6. The van der Waals surface area contributed by atoms with Crippen LogP contribution in [-0.2, 0) is 0 Å². The second kappa shape index (κ2) is 6.36. The van der Waals surface area contributed by atoms with Gasteiger partial charge in [0.15, 0.2) is 0 Å². The molecule has 2 rings (SSSR count). The smallest absolute Gasteiger partial charge is 0.354 e. The highest BCUT2D eigenvalue weighted by molar-refractivity contribution is 5.90. The summed E-state index contributed by atoms with van der Waals surface area (Å²) < 4.78 is 0. The van der Waals surface area contributed by atoms with E-state index in [0.29, 0.717) is 5.69 Å². The Balaban J connectivity index is 2.01. The first kappa shape index (κ1) is 14.3. The van der Waals surface area contributed by atoms with E-state index in [0.717, 1.165) is 32.2 Å². The predicted octanol–water partition coefficient (Wildman–Crippen LogP) is 2.58. The van der Waals surface area contributed by atoms with E-state index in [4.69, 9.17) is 5.11 Å². The highest BCUT2D eigenvalue weighted by Gasteiger charge is 2.25. The number of piperidine rings is 1. The van der Waals surface area contributed by atoms with Crippen molar-refractivity contribution in [2.24, 2.45) is 0 Å². The van der Waals surface area contributed by atoms with E-state index in [-0.39, 0.29) is 17.8 Å². The van der Waals surface area contributed by atoms with Gasteiger partial charge in [-0.1, -0.05) is 6.92 Å². The zero-order chi connectivity index (χ0) is 14.5. The third kappa shape index (κ3) is 3.26. The Morgan fingerprint density at radius 1 is 1.45 bits per heavy atom. The van der Waals surface area contributed by atoms with E-state index in [1.54, 1.807) is 6.07 Å². The number of urea groups is 1. The van der Waals surface area contributed by atoms with E-state index in [1.165, 1.54) is 12.3 Å². The van der Waals surface area contributed by atoms with E-state index in [9.17, 15) is 9.59 Å². The lowest BCUT2D eigenvalue weighted by Crippen LogP contribution is -2.45. The van der Waals surface area contributed by atoms with Crippen LogP contribution in [0.25, 0.3) is 0 Å². The summed E-state index contributed by atoms with van der Waals surface area (Å²) in [6.45, 7) is 2.85. The van der Waals surface area contributed by atoms with Crippen molar-refractivity contribution in [3.8, 4) is 0 Å². The lowest BCUT2D eigenvalue weighted by Gasteiger charge is -2.35. The molecule has 0 saturated carbocycles. The Hall–Kier alpha value is -2.11. The average Bonchev–Trinajstić information content (AvgIpc) is 2.47. The van der Waals surface area contributed by atoms with Crippen LogP contribution in [-0.4, -0.2) is 39.6 Å². The first-order valence-corrected chi connectivity index (χ1v) is 6.88. The van der Waals surface area contributed by atoms with Gasteiger partial charge in [0, 0.05) is 12.6 Å². The minimum absolute atomic E-state index is 0.0348. The number of likely N-dealkylation sites (tertiary alicyclic amines) is 1. The zero-order valence-electron chi connectivity index (χ0n) is 11.5. The highest BCUT2D eigenvalue weighted by atomic mass is 16.4. The number of aromatic carboxylic acids is 1.